The number of sulfone groups is 1. The van der Waals surface area contributed by atoms with Gasteiger partial charge in [0.15, 0.2) is 9.84 Å². The molecule has 0 heterocycles. The molecular weight excluding hydrogens is 246 g/mol. The van der Waals surface area contributed by atoms with Gasteiger partial charge in [-0.05, 0) is 32.1 Å². The van der Waals surface area contributed by atoms with Gasteiger partial charge in [0.05, 0.1) is 5.25 Å². The summed E-state index contributed by atoms with van der Waals surface area (Å²) in [6.45, 7) is 6.67. The van der Waals surface area contributed by atoms with Crippen molar-refractivity contribution < 1.29 is 8.42 Å². The van der Waals surface area contributed by atoms with Gasteiger partial charge in [-0.3, -0.25) is 0 Å². The summed E-state index contributed by atoms with van der Waals surface area (Å²) >= 11 is 0. The zero-order valence-corrected chi connectivity index (χ0v) is 13.1. The van der Waals surface area contributed by atoms with Crippen molar-refractivity contribution in [2.45, 2.75) is 76.6 Å². The molecule has 0 amide bonds. The Morgan fingerprint density at radius 3 is 2.39 bits per heavy atom. The highest BCUT2D eigenvalue weighted by atomic mass is 32.2. The Morgan fingerprint density at radius 1 is 1.17 bits per heavy atom. The van der Waals surface area contributed by atoms with E-state index in [9.17, 15) is 8.42 Å². The molecule has 0 aliphatic heterocycles. The Kier molecular flexibility index (Phi) is 6.12. The van der Waals surface area contributed by atoms with Crippen molar-refractivity contribution in [3.8, 4) is 0 Å². The fourth-order valence-corrected chi connectivity index (χ4v) is 4.32. The van der Waals surface area contributed by atoms with Crippen LogP contribution in [0.2, 0.25) is 0 Å². The summed E-state index contributed by atoms with van der Waals surface area (Å²) in [4.78, 5) is 0. The zero-order chi connectivity index (χ0) is 13.8. The number of hydrogen-bond acceptors (Lipinski definition) is 3. The molecule has 4 heteroatoms. The van der Waals surface area contributed by atoms with E-state index >= 15 is 0 Å². The van der Waals surface area contributed by atoms with E-state index in [-0.39, 0.29) is 11.3 Å². The van der Waals surface area contributed by atoms with Gasteiger partial charge in [-0.25, -0.2) is 8.42 Å². The van der Waals surface area contributed by atoms with Crippen LogP contribution < -0.4 is 5.32 Å². The van der Waals surface area contributed by atoms with Crippen LogP contribution in [0.4, 0.5) is 0 Å². The summed E-state index contributed by atoms with van der Waals surface area (Å²) in [6, 6.07) is 0.602. The van der Waals surface area contributed by atoms with E-state index in [1.807, 2.05) is 0 Å². The molecule has 1 aliphatic carbocycles. The van der Waals surface area contributed by atoms with Crippen LogP contribution in [0.15, 0.2) is 0 Å². The van der Waals surface area contributed by atoms with Gasteiger partial charge in [0.25, 0.3) is 0 Å². The molecule has 1 N–H and O–H groups in total. The van der Waals surface area contributed by atoms with Crippen LogP contribution in [0.3, 0.4) is 0 Å². The standard InChI is InChI=1S/C14H29NO2S/c1-11(2)7-5-8-12(3)15-13-9-6-10-14(13)18(4,16)17/h11-15H,5-10H2,1-4H3. The number of hydrogen-bond donors (Lipinski definition) is 1. The molecule has 3 atom stereocenters. The van der Waals surface area contributed by atoms with Crippen molar-refractivity contribution in [3.05, 3.63) is 0 Å². The van der Waals surface area contributed by atoms with Gasteiger partial charge in [0, 0.05) is 18.3 Å². The number of rotatable bonds is 7. The van der Waals surface area contributed by atoms with Crippen LogP contribution in [0.5, 0.6) is 0 Å². The third-order valence-electron chi connectivity index (χ3n) is 3.92. The van der Waals surface area contributed by atoms with Gasteiger partial charge in [-0.1, -0.05) is 33.1 Å². The number of nitrogens with one attached hydrogen (secondary N) is 1. The van der Waals surface area contributed by atoms with Crippen LogP contribution >= 0.6 is 0 Å². The molecule has 0 aromatic carbocycles. The predicted molar refractivity (Wildman–Crippen MR) is 77.6 cm³/mol. The van der Waals surface area contributed by atoms with Crippen LogP contribution in [0, 0.1) is 5.92 Å². The second-order valence-corrected chi connectivity index (χ2v) is 8.56. The van der Waals surface area contributed by atoms with Gasteiger partial charge in [-0.15, -0.1) is 0 Å². The molecule has 0 aromatic heterocycles. The minimum atomic E-state index is -2.89. The third-order valence-corrected chi connectivity index (χ3v) is 5.58. The van der Waals surface area contributed by atoms with Crippen LogP contribution in [0.25, 0.3) is 0 Å². The fraction of sp³-hybridized carbons (Fsp3) is 1.00. The van der Waals surface area contributed by atoms with E-state index in [2.05, 4.69) is 26.1 Å². The van der Waals surface area contributed by atoms with Crippen LogP contribution in [-0.2, 0) is 9.84 Å². The van der Waals surface area contributed by atoms with Gasteiger partial charge in [0.1, 0.15) is 0 Å². The minimum Gasteiger partial charge on any atom is -0.310 e. The van der Waals surface area contributed by atoms with Gasteiger partial charge in [0.2, 0.25) is 0 Å². The molecule has 1 saturated carbocycles. The van der Waals surface area contributed by atoms with E-state index in [4.69, 9.17) is 0 Å². The summed E-state index contributed by atoms with van der Waals surface area (Å²) in [5, 5.41) is 3.37. The van der Waals surface area contributed by atoms with E-state index in [1.165, 1.54) is 19.1 Å². The van der Waals surface area contributed by atoms with Crippen LogP contribution in [-0.4, -0.2) is 32.0 Å². The largest absolute Gasteiger partial charge is 0.310 e. The Hall–Kier alpha value is -0.0900. The molecule has 1 fully saturated rings. The highest BCUT2D eigenvalue weighted by molar-refractivity contribution is 7.91. The van der Waals surface area contributed by atoms with Crippen molar-refractivity contribution in [1.82, 2.24) is 5.32 Å². The lowest BCUT2D eigenvalue weighted by Gasteiger charge is -2.24. The smallest absolute Gasteiger partial charge is 0.151 e. The second kappa shape index (κ2) is 6.90. The molecule has 0 bridgehead atoms. The normalized spacial score (nSPS) is 26.7. The lowest BCUT2D eigenvalue weighted by molar-refractivity contribution is 0.406. The maximum atomic E-state index is 11.7. The highest BCUT2D eigenvalue weighted by Crippen LogP contribution is 2.25. The first kappa shape index (κ1) is 16.0. The van der Waals surface area contributed by atoms with Gasteiger partial charge >= 0.3 is 0 Å². The first-order chi connectivity index (χ1) is 8.30. The summed E-state index contributed by atoms with van der Waals surface area (Å²) < 4.78 is 23.4. The van der Waals surface area contributed by atoms with Crippen molar-refractivity contribution in [2.24, 2.45) is 5.92 Å². The summed E-state index contributed by atoms with van der Waals surface area (Å²) in [7, 11) is -2.89. The lowest BCUT2D eigenvalue weighted by Crippen LogP contribution is -2.44. The predicted octanol–water partition coefficient (Wildman–Crippen LogP) is 2.76. The quantitative estimate of drug-likeness (QED) is 0.777. The van der Waals surface area contributed by atoms with Crippen molar-refractivity contribution in [3.63, 3.8) is 0 Å². The maximum Gasteiger partial charge on any atom is 0.151 e. The molecular formula is C14H29NO2S. The third kappa shape index (κ3) is 5.27. The van der Waals surface area contributed by atoms with E-state index < -0.39 is 9.84 Å². The first-order valence-electron chi connectivity index (χ1n) is 7.25. The molecule has 3 nitrogen and oxygen atoms in total. The first-order valence-corrected chi connectivity index (χ1v) is 9.21. The van der Waals surface area contributed by atoms with Crippen molar-refractivity contribution >= 4 is 9.84 Å². The lowest BCUT2D eigenvalue weighted by atomic mass is 10.0. The highest BCUT2D eigenvalue weighted by Gasteiger charge is 2.34. The van der Waals surface area contributed by atoms with Crippen molar-refractivity contribution in [2.75, 3.05) is 6.26 Å². The average molecular weight is 275 g/mol. The van der Waals surface area contributed by atoms with Gasteiger partial charge in [-0.2, -0.15) is 0 Å². The Balaban J connectivity index is 2.37. The zero-order valence-electron chi connectivity index (χ0n) is 12.3. The molecule has 1 aliphatic rings. The van der Waals surface area contributed by atoms with E-state index in [0.29, 0.717) is 6.04 Å². The molecule has 0 radical (unpaired) electrons. The molecule has 18 heavy (non-hydrogen) atoms. The minimum absolute atomic E-state index is 0.162. The van der Waals surface area contributed by atoms with Gasteiger partial charge < -0.3 is 5.32 Å². The molecule has 3 unspecified atom stereocenters. The molecule has 1 rings (SSSR count). The van der Waals surface area contributed by atoms with Crippen molar-refractivity contribution in [1.29, 1.82) is 0 Å². The second-order valence-electron chi connectivity index (χ2n) is 6.30. The fourth-order valence-electron chi connectivity index (χ4n) is 2.91. The van der Waals surface area contributed by atoms with Crippen LogP contribution in [0.1, 0.15) is 59.3 Å². The SMILES string of the molecule is CC(C)CCCC(C)NC1CCCC1S(C)(=O)=O. The molecule has 0 saturated heterocycles. The molecule has 108 valence electrons. The Labute approximate surface area is 113 Å². The monoisotopic (exact) mass is 275 g/mol. The summed E-state index contributed by atoms with van der Waals surface area (Å²) in [5.41, 5.74) is 0. The summed E-state index contributed by atoms with van der Waals surface area (Å²) in [5.74, 6) is 0.757. The van der Waals surface area contributed by atoms with E-state index in [0.717, 1.165) is 31.6 Å². The average Bonchev–Trinajstić information content (AvgIpc) is 2.64. The van der Waals surface area contributed by atoms with E-state index in [1.54, 1.807) is 0 Å². The molecule has 0 aromatic rings. The molecule has 0 spiro atoms. The maximum absolute atomic E-state index is 11.7. The topological polar surface area (TPSA) is 46.2 Å². The Morgan fingerprint density at radius 2 is 1.83 bits per heavy atom. The Bertz CT molecular complexity index is 338. The summed E-state index contributed by atoms with van der Waals surface area (Å²) in [6.07, 6.45) is 7.87.